The predicted octanol–water partition coefficient (Wildman–Crippen LogP) is 4.81. The molecule has 0 saturated carbocycles. The number of hydrogen-bond donors (Lipinski definition) is 2. The molecule has 0 atom stereocenters. The van der Waals surface area contributed by atoms with E-state index in [1.807, 2.05) is 0 Å². The molecular formula is C21H17Cl2F3N6O2. The van der Waals surface area contributed by atoms with Crippen LogP contribution in [0.1, 0.15) is 34.6 Å². The van der Waals surface area contributed by atoms with E-state index in [1.165, 1.54) is 41.2 Å². The van der Waals surface area contributed by atoms with Gasteiger partial charge in [0.15, 0.2) is 5.69 Å². The van der Waals surface area contributed by atoms with E-state index in [-0.39, 0.29) is 33.7 Å². The van der Waals surface area contributed by atoms with Crippen molar-refractivity contribution >= 4 is 40.3 Å². The molecule has 0 aliphatic heterocycles. The standard InChI is InChI=1S/C21H17Cl2F3N6O2/c22-14-9-12(10-27-15(14)3-1-2-8-33)30-20(34)13-11-29-32(19(13)21(24,25)26)16-4-5-18(23)31-17(16)6-7-28-31/h4-7,9-11,33H,1-3,8H2,(H,30,34). The molecule has 4 aromatic heterocycles. The number of carbonyl (C=O) groups is 1. The molecule has 4 aromatic rings. The highest BCUT2D eigenvalue weighted by molar-refractivity contribution is 6.31. The number of aliphatic hydroxyl groups excluding tert-OH is 1. The molecule has 0 aliphatic rings. The summed E-state index contributed by atoms with van der Waals surface area (Å²) in [6, 6.07) is 5.64. The van der Waals surface area contributed by atoms with Crippen LogP contribution >= 0.6 is 23.2 Å². The largest absolute Gasteiger partial charge is 0.434 e. The van der Waals surface area contributed by atoms with E-state index in [1.54, 1.807) is 0 Å². The van der Waals surface area contributed by atoms with Crippen molar-refractivity contribution in [1.82, 2.24) is 24.4 Å². The number of carbonyl (C=O) groups excluding carboxylic acids is 1. The van der Waals surface area contributed by atoms with Crippen LogP contribution in [0.3, 0.4) is 0 Å². The van der Waals surface area contributed by atoms with Gasteiger partial charge in [0.1, 0.15) is 5.15 Å². The van der Waals surface area contributed by atoms with Gasteiger partial charge < -0.3 is 10.4 Å². The second-order valence-electron chi connectivity index (χ2n) is 7.27. The average Bonchev–Trinajstić information content (AvgIpc) is 3.44. The minimum Gasteiger partial charge on any atom is -0.396 e. The molecule has 0 bridgehead atoms. The SMILES string of the molecule is O=C(Nc1cnc(CCCCO)c(Cl)c1)c1cnn(-c2ccc(Cl)n3nccc23)c1C(F)(F)F. The summed E-state index contributed by atoms with van der Waals surface area (Å²) < 4.78 is 44.1. The molecule has 13 heteroatoms. The second kappa shape index (κ2) is 9.61. The Balaban J connectivity index is 1.67. The molecule has 2 N–H and O–H groups in total. The number of aliphatic hydroxyl groups is 1. The van der Waals surface area contributed by atoms with Gasteiger partial charge in [-0.1, -0.05) is 23.2 Å². The number of hydrogen-bond acceptors (Lipinski definition) is 5. The van der Waals surface area contributed by atoms with E-state index in [2.05, 4.69) is 20.5 Å². The molecule has 0 aliphatic carbocycles. The topological polar surface area (TPSA) is 97.3 Å². The summed E-state index contributed by atoms with van der Waals surface area (Å²) in [5.41, 5.74) is -0.916. The van der Waals surface area contributed by atoms with E-state index in [0.29, 0.717) is 29.6 Å². The lowest BCUT2D eigenvalue weighted by Crippen LogP contribution is -2.21. The number of amides is 1. The van der Waals surface area contributed by atoms with Gasteiger partial charge in [-0.25, -0.2) is 9.20 Å². The lowest BCUT2D eigenvalue weighted by atomic mass is 10.1. The van der Waals surface area contributed by atoms with Gasteiger partial charge in [0, 0.05) is 6.61 Å². The number of aryl methyl sites for hydroxylation is 1. The Morgan fingerprint density at radius 3 is 2.62 bits per heavy atom. The van der Waals surface area contributed by atoms with Crippen LogP contribution < -0.4 is 5.32 Å². The molecule has 34 heavy (non-hydrogen) atoms. The Bertz CT molecular complexity index is 1350. The summed E-state index contributed by atoms with van der Waals surface area (Å²) in [4.78, 5) is 17.0. The van der Waals surface area contributed by atoms with E-state index in [9.17, 15) is 18.0 Å². The number of fused-ring (bicyclic) bond motifs is 1. The van der Waals surface area contributed by atoms with Crippen molar-refractivity contribution in [2.45, 2.75) is 25.4 Å². The summed E-state index contributed by atoms with van der Waals surface area (Å²) in [7, 11) is 0. The van der Waals surface area contributed by atoms with Gasteiger partial charge >= 0.3 is 6.18 Å². The second-order valence-corrected chi connectivity index (χ2v) is 8.07. The number of halogens is 5. The van der Waals surface area contributed by atoms with Crippen LogP contribution in [0.4, 0.5) is 18.9 Å². The average molecular weight is 513 g/mol. The third-order valence-corrected chi connectivity index (χ3v) is 5.61. The first kappa shape index (κ1) is 24.0. The predicted molar refractivity (Wildman–Crippen MR) is 120 cm³/mol. The molecular weight excluding hydrogens is 496 g/mol. The number of nitrogens with one attached hydrogen (secondary N) is 1. The summed E-state index contributed by atoms with van der Waals surface area (Å²) in [5, 5.41) is 19.5. The number of pyridine rings is 2. The molecule has 0 aromatic carbocycles. The maximum atomic E-state index is 14.1. The third kappa shape index (κ3) is 4.72. The van der Waals surface area contributed by atoms with Crippen LogP contribution in [0.15, 0.2) is 42.9 Å². The van der Waals surface area contributed by atoms with E-state index >= 15 is 0 Å². The van der Waals surface area contributed by atoms with Crippen molar-refractivity contribution in [1.29, 1.82) is 0 Å². The van der Waals surface area contributed by atoms with Crippen LogP contribution in [0.2, 0.25) is 10.2 Å². The maximum Gasteiger partial charge on any atom is 0.434 e. The van der Waals surface area contributed by atoms with Gasteiger partial charge in [0.25, 0.3) is 5.91 Å². The first-order valence-corrected chi connectivity index (χ1v) is 10.8. The smallest absolute Gasteiger partial charge is 0.396 e. The molecule has 0 unspecified atom stereocenters. The van der Waals surface area contributed by atoms with E-state index < -0.39 is 23.3 Å². The molecule has 8 nitrogen and oxygen atoms in total. The minimum atomic E-state index is -4.90. The fraction of sp³-hybridized carbons (Fsp3) is 0.238. The summed E-state index contributed by atoms with van der Waals surface area (Å²) in [5.74, 6) is -1.03. The van der Waals surface area contributed by atoms with Crippen LogP contribution in [-0.2, 0) is 12.6 Å². The third-order valence-electron chi connectivity index (χ3n) is 4.99. The number of nitrogens with zero attached hydrogens (tertiary/aromatic N) is 5. The van der Waals surface area contributed by atoms with Crippen molar-refractivity contribution in [2.24, 2.45) is 0 Å². The molecule has 4 heterocycles. The Morgan fingerprint density at radius 2 is 1.91 bits per heavy atom. The van der Waals surface area contributed by atoms with Gasteiger partial charge in [-0.15, -0.1) is 0 Å². The van der Waals surface area contributed by atoms with Crippen LogP contribution in [0, 0.1) is 0 Å². The zero-order chi connectivity index (χ0) is 24.5. The zero-order valence-electron chi connectivity index (χ0n) is 17.4. The fourth-order valence-electron chi connectivity index (χ4n) is 3.44. The first-order valence-electron chi connectivity index (χ1n) is 10.0. The van der Waals surface area contributed by atoms with Gasteiger partial charge in [-0.05, 0) is 43.5 Å². The Morgan fingerprint density at radius 1 is 1.12 bits per heavy atom. The Labute approximate surface area is 200 Å². The highest BCUT2D eigenvalue weighted by atomic mass is 35.5. The minimum absolute atomic E-state index is 0.0452. The lowest BCUT2D eigenvalue weighted by molar-refractivity contribution is -0.143. The van der Waals surface area contributed by atoms with Gasteiger partial charge in [-0.3, -0.25) is 9.78 Å². The van der Waals surface area contributed by atoms with Crippen molar-refractivity contribution < 1.29 is 23.1 Å². The summed E-state index contributed by atoms with van der Waals surface area (Å²) in [6.45, 7) is 0.0452. The highest BCUT2D eigenvalue weighted by Gasteiger charge is 2.41. The molecule has 1 amide bonds. The molecule has 0 radical (unpaired) electrons. The number of rotatable bonds is 7. The molecule has 0 fully saturated rings. The van der Waals surface area contributed by atoms with E-state index in [4.69, 9.17) is 28.3 Å². The molecule has 0 spiro atoms. The number of unbranched alkanes of at least 4 members (excludes halogenated alkanes) is 1. The molecule has 4 rings (SSSR count). The Kier molecular flexibility index (Phi) is 6.78. The van der Waals surface area contributed by atoms with Crippen LogP contribution in [0.5, 0.6) is 0 Å². The van der Waals surface area contributed by atoms with Crippen molar-refractivity contribution in [3.63, 3.8) is 0 Å². The lowest BCUT2D eigenvalue weighted by Gasteiger charge is -2.14. The van der Waals surface area contributed by atoms with Gasteiger partial charge in [0.2, 0.25) is 0 Å². The quantitative estimate of drug-likeness (QED) is 0.273. The van der Waals surface area contributed by atoms with Gasteiger partial charge in [0.05, 0.1) is 51.8 Å². The Hall–Kier alpha value is -3.15. The summed E-state index contributed by atoms with van der Waals surface area (Å²) in [6.07, 6.45) is 0.412. The van der Waals surface area contributed by atoms with Crippen molar-refractivity contribution in [3.05, 3.63) is 70.0 Å². The van der Waals surface area contributed by atoms with Crippen molar-refractivity contribution in [3.8, 4) is 5.69 Å². The van der Waals surface area contributed by atoms with Crippen molar-refractivity contribution in [2.75, 3.05) is 11.9 Å². The highest BCUT2D eigenvalue weighted by Crippen LogP contribution is 2.35. The van der Waals surface area contributed by atoms with Gasteiger partial charge in [-0.2, -0.15) is 23.4 Å². The first-order chi connectivity index (χ1) is 16.2. The monoisotopic (exact) mass is 512 g/mol. The fourth-order valence-corrected chi connectivity index (χ4v) is 3.90. The summed E-state index contributed by atoms with van der Waals surface area (Å²) >= 11 is 12.2. The van der Waals surface area contributed by atoms with E-state index in [0.717, 1.165) is 6.20 Å². The normalized spacial score (nSPS) is 11.8. The maximum absolute atomic E-state index is 14.1. The zero-order valence-corrected chi connectivity index (χ0v) is 18.9. The number of aromatic nitrogens is 5. The van der Waals surface area contributed by atoms with Crippen LogP contribution in [-0.4, -0.2) is 42.0 Å². The molecule has 178 valence electrons. The number of anilines is 1. The number of alkyl halides is 3. The molecule has 0 saturated heterocycles. The van der Waals surface area contributed by atoms with Crippen LogP contribution in [0.25, 0.3) is 11.2 Å².